The van der Waals surface area contributed by atoms with Crippen LogP contribution in [-0.4, -0.2) is 75.1 Å². The summed E-state index contributed by atoms with van der Waals surface area (Å²) < 4.78 is 46.0. The quantitative estimate of drug-likeness (QED) is 0.230. The predicted octanol–water partition coefficient (Wildman–Crippen LogP) is 1.43. The lowest BCUT2D eigenvalue weighted by Gasteiger charge is -2.43. The van der Waals surface area contributed by atoms with Gasteiger partial charge in [0.15, 0.2) is 0 Å². The van der Waals surface area contributed by atoms with Crippen LogP contribution in [0.1, 0.15) is 33.6 Å². The van der Waals surface area contributed by atoms with Gasteiger partial charge in [0.05, 0.1) is 19.8 Å². The van der Waals surface area contributed by atoms with Crippen molar-refractivity contribution in [3.05, 3.63) is 0 Å². The molecule has 0 saturated carbocycles. The molecule has 4 N–H and O–H groups in total. The van der Waals surface area contributed by atoms with Crippen molar-refractivity contribution in [2.45, 2.75) is 58.0 Å². The van der Waals surface area contributed by atoms with Crippen molar-refractivity contribution in [2.75, 3.05) is 54.2 Å². The van der Waals surface area contributed by atoms with Crippen molar-refractivity contribution < 1.29 is 37.3 Å². The first-order valence-electron chi connectivity index (χ1n) is 9.78. The largest absolute Gasteiger partial charge is 0.404 e. The third kappa shape index (κ3) is 8.67. The maximum Gasteiger partial charge on any atom is 0.404 e. The first-order valence-corrected chi connectivity index (χ1v) is 12.0. The highest BCUT2D eigenvalue weighted by Crippen LogP contribution is 2.35. The van der Waals surface area contributed by atoms with Gasteiger partial charge in [-0.15, -0.1) is 0 Å². The van der Waals surface area contributed by atoms with E-state index in [9.17, 15) is 0 Å². The van der Waals surface area contributed by atoms with E-state index in [1.54, 1.807) is 0 Å². The lowest BCUT2D eigenvalue weighted by molar-refractivity contribution is -0.491. The number of hydrogen-bond donors (Lipinski definition) is 2. The summed E-state index contributed by atoms with van der Waals surface area (Å²) in [6.45, 7) is 7.30. The van der Waals surface area contributed by atoms with Crippen LogP contribution in [0.4, 0.5) is 0 Å². The van der Waals surface area contributed by atoms with Gasteiger partial charge in [-0.3, -0.25) is 0 Å². The summed E-state index contributed by atoms with van der Waals surface area (Å²) in [4.78, 5) is 0. The maximum absolute atomic E-state index is 6.41. The van der Waals surface area contributed by atoms with E-state index >= 15 is 0 Å². The number of methoxy groups -OCH3 is 3. The van der Waals surface area contributed by atoms with Gasteiger partial charge in [0.25, 0.3) is 0 Å². The van der Waals surface area contributed by atoms with Crippen molar-refractivity contribution in [3.8, 4) is 0 Å². The topological polar surface area (TPSA) is 126 Å². The molecule has 170 valence electrons. The second-order valence-electron chi connectivity index (χ2n) is 5.81. The van der Waals surface area contributed by atoms with Gasteiger partial charge >= 0.3 is 20.9 Å². The summed E-state index contributed by atoms with van der Waals surface area (Å²) in [5.74, 6) is 0. The van der Waals surface area contributed by atoms with Crippen LogP contribution in [0, 0.1) is 0 Å². The van der Waals surface area contributed by atoms with Crippen LogP contribution in [0.5, 0.6) is 0 Å². The van der Waals surface area contributed by atoms with E-state index in [0.717, 1.165) is 0 Å². The molecule has 0 unspecified atom stereocenters. The molecule has 0 fully saturated rings. The highest BCUT2D eigenvalue weighted by molar-refractivity contribution is 6.67. The van der Waals surface area contributed by atoms with Crippen LogP contribution in [0.25, 0.3) is 0 Å². The SMILES string of the molecule is CCOC(OCC)(OCC)O[Si](CCCN)(CCCN)OC(OC)(OC)OC. The third-order valence-corrected chi connectivity index (χ3v) is 7.33. The van der Waals surface area contributed by atoms with Gasteiger partial charge in [-0.05, 0) is 58.8 Å². The summed E-state index contributed by atoms with van der Waals surface area (Å²) >= 11 is 0. The van der Waals surface area contributed by atoms with E-state index in [2.05, 4.69) is 0 Å². The molecular formula is C17H40N2O8Si. The van der Waals surface area contributed by atoms with Crippen LogP contribution in [0.3, 0.4) is 0 Å². The molecule has 0 aromatic heterocycles. The first-order chi connectivity index (χ1) is 13.4. The molecule has 0 aliphatic rings. The normalized spacial score (nSPS) is 13.3. The zero-order valence-corrected chi connectivity index (χ0v) is 19.3. The second-order valence-corrected chi connectivity index (χ2v) is 9.04. The lowest BCUT2D eigenvalue weighted by atomic mass is 10.5. The Morgan fingerprint density at radius 1 is 0.643 bits per heavy atom. The molecule has 0 heterocycles. The van der Waals surface area contributed by atoms with E-state index < -0.39 is 20.9 Å². The maximum atomic E-state index is 6.41. The summed E-state index contributed by atoms with van der Waals surface area (Å²) in [5.41, 5.74) is 11.5. The second kappa shape index (κ2) is 14.7. The van der Waals surface area contributed by atoms with E-state index in [1.807, 2.05) is 20.8 Å². The van der Waals surface area contributed by atoms with Gasteiger partial charge in [-0.25, -0.2) is 0 Å². The molecule has 0 saturated heterocycles. The smallest absolute Gasteiger partial charge is 0.330 e. The standard InChI is InChI=1S/C17H40N2O8Si/c1-7-23-17(24-8-2,25-9-3)27-28(14-10-12-18,15-11-13-19)26-16(20-4,21-5)22-6/h7-15,18-19H2,1-6H3. The summed E-state index contributed by atoms with van der Waals surface area (Å²) in [7, 11) is 1.05. The molecule has 28 heavy (non-hydrogen) atoms. The molecule has 0 aromatic carbocycles. The Labute approximate surface area is 170 Å². The number of nitrogens with two attached hydrogens (primary N) is 2. The van der Waals surface area contributed by atoms with E-state index in [0.29, 0.717) is 57.8 Å². The van der Waals surface area contributed by atoms with E-state index in [4.69, 9.17) is 48.7 Å². The molecule has 0 rings (SSSR count). The Morgan fingerprint density at radius 2 is 1.00 bits per heavy atom. The predicted molar refractivity (Wildman–Crippen MR) is 106 cm³/mol. The minimum Gasteiger partial charge on any atom is -0.330 e. The summed E-state index contributed by atoms with van der Waals surface area (Å²) in [6, 6.07) is 1.02. The lowest BCUT2D eigenvalue weighted by Crippen LogP contribution is -2.59. The highest BCUT2D eigenvalue weighted by Gasteiger charge is 2.53. The van der Waals surface area contributed by atoms with E-state index in [1.165, 1.54) is 21.3 Å². The zero-order chi connectivity index (χ0) is 21.5. The van der Waals surface area contributed by atoms with Gasteiger partial charge in [0, 0.05) is 21.3 Å². The van der Waals surface area contributed by atoms with E-state index in [-0.39, 0.29) is 0 Å². The first kappa shape index (κ1) is 27.8. The molecule has 0 bridgehead atoms. The fourth-order valence-corrected chi connectivity index (χ4v) is 6.19. The Bertz CT molecular complexity index is 355. The van der Waals surface area contributed by atoms with Crippen LogP contribution in [-0.2, 0) is 37.3 Å². The van der Waals surface area contributed by atoms with Crippen molar-refractivity contribution in [1.82, 2.24) is 0 Å². The fourth-order valence-electron chi connectivity index (χ4n) is 2.67. The summed E-state index contributed by atoms with van der Waals surface area (Å²) in [6.07, 6.45) is -2.17. The average molecular weight is 429 g/mol. The molecule has 0 aliphatic carbocycles. The molecule has 0 radical (unpaired) electrons. The van der Waals surface area contributed by atoms with Gasteiger partial charge in [-0.2, -0.15) is 0 Å². The Balaban J connectivity index is 6.09. The third-order valence-electron chi connectivity index (χ3n) is 3.86. The molecule has 0 aliphatic heterocycles. The Morgan fingerprint density at radius 3 is 1.29 bits per heavy atom. The zero-order valence-electron chi connectivity index (χ0n) is 18.3. The molecule has 0 aromatic rings. The van der Waals surface area contributed by atoms with Gasteiger partial charge in [0.1, 0.15) is 0 Å². The minimum absolute atomic E-state index is 0.308. The van der Waals surface area contributed by atoms with Crippen molar-refractivity contribution >= 4 is 8.56 Å². The van der Waals surface area contributed by atoms with Crippen LogP contribution in [0.2, 0.25) is 12.1 Å². The highest BCUT2D eigenvalue weighted by atomic mass is 28.4. The van der Waals surface area contributed by atoms with Crippen molar-refractivity contribution in [2.24, 2.45) is 11.5 Å². The Kier molecular flexibility index (Phi) is 14.6. The van der Waals surface area contributed by atoms with Gasteiger partial charge in [0.2, 0.25) is 0 Å². The summed E-state index contributed by atoms with van der Waals surface area (Å²) in [5, 5.41) is 0. The fraction of sp³-hybridized carbons (Fsp3) is 1.00. The monoisotopic (exact) mass is 428 g/mol. The molecule has 0 spiro atoms. The Hall–Kier alpha value is -0.183. The number of hydrogen-bond acceptors (Lipinski definition) is 10. The molecule has 11 heteroatoms. The number of ether oxygens (including phenoxy) is 6. The average Bonchev–Trinajstić information content (AvgIpc) is 2.70. The number of rotatable bonds is 19. The molecular weight excluding hydrogens is 388 g/mol. The minimum atomic E-state index is -3.19. The van der Waals surface area contributed by atoms with Crippen LogP contribution < -0.4 is 11.5 Å². The van der Waals surface area contributed by atoms with Gasteiger partial charge in [-0.1, -0.05) is 0 Å². The van der Waals surface area contributed by atoms with Crippen LogP contribution >= 0.6 is 0 Å². The molecule has 10 nitrogen and oxygen atoms in total. The van der Waals surface area contributed by atoms with Crippen LogP contribution in [0.15, 0.2) is 0 Å². The van der Waals surface area contributed by atoms with Crippen molar-refractivity contribution in [3.63, 3.8) is 0 Å². The molecule has 0 amide bonds. The molecule has 0 atom stereocenters. The van der Waals surface area contributed by atoms with Crippen molar-refractivity contribution in [1.29, 1.82) is 0 Å². The van der Waals surface area contributed by atoms with Gasteiger partial charge < -0.3 is 48.7 Å².